The van der Waals surface area contributed by atoms with Gasteiger partial charge in [-0.05, 0) is 26.3 Å². The Morgan fingerprint density at radius 2 is 2.05 bits per heavy atom. The normalized spacial score (nSPS) is 12.8. The average molecular weight is 335 g/mol. The van der Waals surface area contributed by atoms with Crippen LogP contribution < -0.4 is 5.32 Å². The molecule has 0 saturated carbocycles. The predicted molar refractivity (Wildman–Crippen MR) is 78.1 cm³/mol. The number of carbonyl (C=O) groups excluding carboxylic acids is 1. The summed E-state index contributed by atoms with van der Waals surface area (Å²) in [6.07, 6.45) is 0.667. The zero-order valence-electron chi connectivity index (χ0n) is 11.7. The number of rotatable bonds is 5. The quantitative estimate of drug-likeness (QED) is 0.505. The molecule has 9 heteroatoms. The van der Waals surface area contributed by atoms with Gasteiger partial charge >= 0.3 is 0 Å². The van der Waals surface area contributed by atoms with Crippen molar-refractivity contribution < 1.29 is 18.1 Å². The summed E-state index contributed by atoms with van der Waals surface area (Å²) in [5, 5.41) is 13.6. The minimum absolute atomic E-state index is 0.102. The number of nitrogens with zero attached hydrogens (tertiary/aromatic N) is 1. The van der Waals surface area contributed by atoms with Gasteiger partial charge in [-0.2, -0.15) is 0 Å². The van der Waals surface area contributed by atoms with Crippen LogP contribution in [0.2, 0.25) is 0 Å². The maximum atomic E-state index is 12.0. The summed E-state index contributed by atoms with van der Waals surface area (Å²) in [5.74, 6) is -0.589. The van der Waals surface area contributed by atoms with Crippen molar-refractivity contribution in [3.8, 4) is 0 Å². The van der Waals surface area contributed by atoms with Gasteiger partial charge in [0.05, 0.1) is 9.82 Å². The van der Waals surface area contributed by atoms with E-state index in [0.717, 1.165) is 12.1 Å². The molecular weight excluding hydrogens is 320 g/mol. The first-order valence-electron chi connectivity index (χ1n) is 6.12. The van der Waals surface area contributed by atoms with Crippen LogP contribution >= 0.6 is 10.7 Å². The van der Waals surface area contributed by atoms with E-state index in [4.69, 9.17) is 10.7 Å². The van der Waals surface area contributed by atoms with Crippen molar-refractivity contribution in [3.63, 3.8) is 0 Å². The summed E-state index contributed by atoms with van der Waals surface area (Å²) in [4.78, 5) is 21.8. The molecule has 1 unspecified atom stereocenters. The largest absolute Gasteiger partial charge is 0.350 e. The summed E-state index contributed by atoms with van der Waals surface area (Å²) in [6, 6.07) is 1.94. The van der Waals surface area contributed by atoms with E-state index < -0.39 is 30.5 Å². The highest BCUT2D eigenvalue weighted by atomic mass is 35.7. The van der Waals surface area contributed by atoms with Crippen molar-refractivity contribution >= 4 is 31.3 Å². The van der Waals surface area contributed by atoms with Crippen LogP contribution in [0.3, 0.4) is 0 Å². The molecule has 1 N–H and O–H groups in total. The third kappa shape index (κ3) is 4.15. The van der Waals surface area contributed by atoms with Gasteiger partial charge in [-0.3, -0.25) is 14.9 Å². The lowest BCUT2D eigenvalue weighted by Gasteiger charge is -2.12. The maximum absolute atomic E-state index is 12.0. The Bertz CT molecular complexity index is 687. The monoisotopic (exact) mass is 334 g/mol. The molecule has 0 spiro atoms. The first-order chi connectivity index (χ1) is 9.57. The zero-order valence-corrected chi connectivity index (χ0v) is 13.3. The van der Waals surface area contributed by atoms with Gasteiger partial charge in [0.25, 0.3) is 20.6 Å². The Kier molecular flexibility index (Phi) is 5.30. The number of hydrogen-bond donors (Lipinski definition) is 1. The summed E-state index contributed by atoms with van der Waals surface area (Å²) >= 11 is 0. The highest BCUT2D eigenvalue weighted by molar-refractivity contribution is 8.13. The Morgan fingerprint density at radius 1 is 1.48 bits per heavy atom. The van der Waals surface area contributed by atoms with E-state index in [9.17, 15) is 23.3 Å². The number of carbonyl (C=O) groups is 1. The topological polar surface area (TPSA) is 106 Å². The SMILES string of the molecule is CCC(C)NC(=O)c1cc([N+](=O)[O-])c(C)c(S(=O)(=O)Cl)c1. The summed E-state index contributed by atoms with van der Waals surface area (Å²) in [7, 11) is 1.08. The van der Waals surface area contributed by atoms with Gasteiger partial charge in [-0.15, -0.1) is 0 Å². The van der Waals surface area contributed by atoms with Gasteiger partial charge in [-0.1, -0.05) is 6.92 Å². The minimum Gasteiger partial charge on any atom is -0.350 e. The third-order valence-corrected chi connectivity index (χ3v) is 4.49. The van der Waals surface area contributed by atoms with Crippen LogP contribution in [0.1, 0.15) is 36.2 Å². The molecule has 7 nitrogen and oxygen atoms in total. The van der Waals surface area contributed by atoms with E-state index in [2.05, 4.69) is 5.32 Å². The van der Waals surface area contributed by atoms with Gasteiger partial charge in [0, 0.05) is 33.9 Å². The van der Waals surface area contributed by atoms with Gasteiger partial charge in [0.2, 0.25) is 0 Å². The van der Waals surface area contributed by atoms with Crippen molar-refractivity contribution in [1.82, 2.24) is 5.32 Å². The van der Waals surface area contributed by atoms with Crippen molar-refractivity contribution in [2.75, 3.05) is 0 Å². The van der Waals surface area contributed by atoms with Crippen LogP contribution in [0, 0.1) is 17.0 Å². The lowest BCUT2D eigenvalue weighted by molar-refractivity contribution is -0.385. The van der Waals surface area contributed by atoms with Crippen molar-refractivity contribution in [2.24, 2.45) is 0 Å². The number of amides is 1. The Hall–Kier alpha value is -1.67. The van der Waals surface area contributed by atoms with E-state index >= 15 is 0 Å². The molecule has 1 aromatic carbocycles. The van der Waals surface area contributed by atoms with Gasteiger partial charge < -0.3 is 5.32 Å². The number of nitro benzene ring substituents is 1. The molecule has 1 aromatic rings. The van der Waals surface area contributed by atoms with Crippen LogP contribution in [0.5, 0.6) is 0 Å². The van der Waals surface area contributed by atoms with E-state index in [1.54, 1.807) is 6.92 Å². The number of nitro groups is 1. The molecule has 0 aromatic heterocycles. The molecule has 0 fully saturated rings. The predicted octanol–water partition coefficient (Wildman–Crippen LogP) is 2.36. The first kappa shape index (κ1) is 17.4. The standard InChI is InChI=1S/C12H15ClN2O5S/c1-4-7(2)14-12(16)9-5-10(15(17)18)8(3)11(6-9)21(13,19)20/h5-7H,4H2,1-3H3,(H,14,16). The number of hydrogen-bond acceptors (Lipinski definition) is 5. The summed E-state index contributed by atoms with van der Waals surface area (Å²) < 4.78 is 23.0. The van der Waals surface area contributed by atoms with Crippen LogP contribution in [-0.2, 0) is 9.05 Å². The third-order valence-electron chi connectivity index (χ3n) is 3.04. The molecule has 1 atom stereocenters. The number of benzene rings is 1. The molecule has 0 aliphatic heterocycles. The minimum atomic E-state index is -4.19. The van der Waals surface area contributed by atoms with Crippen molar-refractivity contribution in [3.05, 3.63) is 33.4 Å². The summed E-state index contributed by atoms with van der Waals surface area (Å²) in [5.41, 5.74) is -0.687. The van der Waals surface area contributed by atoms with Crippen LogP contribution in [0.15, 0.2) is 17.0 Å². The molecule has 1 amide bonds. The second-order valence-electron chi connectivity index (χ2n) is 4.60. The maximum Gasteiger partial charge on any atom is 0.274 e. The second-order valence-corrected chi connectivity index (χ2v) is 7.13. The zero-order chi connectivity index (χ0) is 16.4. The second kappa shape index (κ2) is 6.40. The smallest absolute Gasteiger partial charge is 0.274 e. The Labute approximate surface area is 126 Å². The van der Waals surface area contributed by atoms with E-state index in [-0.39, 0.29) is 17.2 Å². The molecule has 0 aliphatic rings. The molecule has 0 bridgehead atoms. The molecule has 116 valence electrons. The molecule has 0 heterocycles. The van der Waals surface area contributed by atoms with Crippen LogP contribution in [0.4, 0.5) is 5.69 Å². The van der Waals surface area contributed by atoms with E-state index in [1.807, 2.05) is 6.92 Å². The van der Waals surface area contributed by atoms with Gasteiger partial charge in [0.15, 0.2) is 0 Å². The van der Waals surface area contributed by atoms with Crippen LogP contribution in [-0.4, -0.2) is 25.3 Å². The fourth-order valence-corrected chi connectivity index (χ4v) is 2.87. The molecule has 0 aliphatic carbocycles. The van der Waals surface area contributed by atoms with Crippen molar-refractivity contribution in [2.45, 2.75) is 38.1 Å². The number of nitrogens with one attached hydrogen (secondary N) is 1. The lowest BCUT2D eigenvalue weighted by atomic mass is 10.1. The van der Waals surface area contributed by atoms with Gasteiger partial charge in [-0.25, -0.2) is 8.42 Å². The fourth-order valence-electron chi connectivity index (χ4n) is 1.66. The Morgan fingerprint density at radius 3 is 2.48 bits per heavy atom. The van der Waals surface area contributed by atoms with Gasteiger partial charge in [0.1, 0.15) is 0 Å². The molecular formula is C12H15ClN2O5S. The molecule has 21 heavy (non-hydrogen) atoms. The molecule has 1 rings (SSSR count). The molecule has 0 saturated heterocycles. The van der Waals surface area contributed by atoms with E-state index in [0.29, 0.717) is 6.42 Å². The van der Waals surface area contributed by atoms with Crippen LogP contribution in [0.25, 0.3) is 0 Å². The summed E-state index contributed by atoms with van der Waals surface area (Å²) in [6.45, 7) is 4.89. The first-order valence-corrected chi connectivity index (χ1v) is 8.43. The van der Waals surface area contributed by atoms with Crippen molar-refractivity contribution in [1.29, 1.82) is 0 Å². The average Bonchev–Trinajstić information content (AvgIpc) is 2.36. The molecule has 0 radical (unpaired) electrons. The number of halogens is 1. The fraction of sp³-hybridized carbons (Fsp3) is 0.417. The lowest BCUT2D eigenvalue weighted by Crippen LogP contribution is -2.32. The highest BCUT2D eigenvalue weighted by Crippen LogP contribution is 2.29. The van der Waals surface area contributed by atoms with E-state index in [1.165, 1.54) is 6.92 Å². The highest BCUT2D eigenvalue weighted by Gasteiger charge is 2.25. The Balaban J connectivity index is 3.45.